The molecule has 1 aromatic rings. The average molecular weight is 307 g/mol. The number of methoxy groups -OCH3 is 3. The van der Waals surface area contributed by atoms with Crippen molar-refractivity contribution in [3.63, 3.8) is 0 Å². The van der Waals surface area contributed by atoms with Crippen LogP contribution < -0.4 is 10.1 Å². The van der Waals surface area contributed by atoms with Gasteiger partial charge in [0, 0.05) is 18.4 Å². The smallest absolute Gasteiger partial charge is 0.323 e. The summed E-state index contributed by atoms with van der Waals surface area (Å²) < 4.78 is 15.0. The summed E-state index contributed by atoms with van der Waals surface area (Å²) >= 11 is 0. The molecule has 0 unspecified atom stereocenters. The summed E-state index contributed by atoms with van der Waals surface area (Å²) in [6, 6.07) is 7.10. The van der Waals surface area contributed by atoms with Gasteiger partial charge in [-0.05, 0) is 11.6 Å². The van der Waals surface area contributed by atoms with Crippen LogP contribution in [0.1, 0.15) is 17.9 Å². The Morgan fingerprint density at radius 3 is 2.55 bits per heavy atom. The Morgan fingerprint density at radius 1 is 1.18 bits per heavy atom. The van der Waals surface area contributed by atoms with Gasteiger partial charge in [-0.2, -0.15) is 0 Å². The van der Waals surface area contributed by atoms with E-state index in [1.807, 2.05) is 24.3 Å². The van der Waals surface area contributed by atoms with Crippen LogP contribution in [0.4, 0.5) is 0 Å². The van der Waals surface area contributed by atoms with Crippen LogP contribution in [0.15, 0.2) is 24.3 Å². The number of esters is 2. The first-order valence-electron chi connectivity index (χ1n) is 7.13. The fourth-order valence-electron chi connectivity index (χ4n) is 3.02. The van der Waals surface area contributed by atoms with Gasteiger partial charge < -0.3 is 19.5 Å². The van der Waals surface area contributed by atoms with Crippen molar-refractivity contribution in [2.75, 3.05) is 27.9 Å². The Bertz CT molecular complexity index is 545. The fraction of sp³-hybridized carbons (Fsp3) is 0.500. The van der Waals surface area contributed by atoms with Crippen molar-refractivity contribution in [2.45, 2.75) is 18.4 Å². The number of carbonyl (C=O) groups excluding carboxylic acids is 2. The summed E-state index contributed by atoms with van der Waals surface area (Å²) in [5, 5.41) is 3.15. The molecular weight excluding hydrogens is 286 g/mol. The molecular formula is C16H21NO5. The van der Waals surface area contributed by atoms with Gasteiger partial charge in [-0.15, -0.1) is 0 Å². The molecule has 0 saturated carbocycles. The van der Waals surface area contributed by atoms with Crippen LogP contribution in [0.2, 0.25) is 0 Å². The first kappa shape index (κ1) is 16.3. The summed E-state index contributed by atoms with van der Waals surface area (Å²) in [6.45, 7) is 0.571. The molecule has 1 aliphatic rings. The Balaban J connectivity index is 2.32. The molecule has 0 aromatic heterocycles. The van der Waals surface area contributed by atoms with Gasteiger partial charge in [0.2, 0.25) is 0 Å². The zero-order valence-electron chi connectivity index (χ0n) is 13.0. The van der Waals surface area contributed by atoms with Crippen LogP contribution in [-0.2, 0) is 19.1 Å². The highest BCUT2D eigenvalue weighted by Gasteiger charge is 2.43. The van der Waals surface area contributed by atoms with Crippen molar-refractivity contribution in [1.82, 2.24) is 5.32 Å². The molecule has 22 heavy (non-hydrogen) atoms. The highest BCUT2D eigenvalue weighted by Crippen LogP contribution is 2.39. The molecule has 1 aliphatic heterocycles. The molecule has 0 amide bonds. The topological polar surface area (TPSA) is 73.9 Å². The van der Waals surface area contributed by atoms with E-state index >= 15 is 0 Å². The molecule has 0 spiro atoms. The van der Waals surface area contributed by atoms with Gasteiger partial charge in [0.05, 0.1) is 27.8 Å². The van der Waals surface area contributed by atoms with Gasteiger partial charge >= 0.3 is 11.9 Å². The second-order valence-electron chi connectivity index (χ2n) is 5.20. The molecule has 1 saturated heterocycles. The van der Waals surface area contributed by atoms with Gasteiger partial charge in [0.15, 0.2) is 0 Å². The van der Waals surface area contributed by atoms with E-state index in [1.54, 1.807) is 7.11 Å². The zero-order valence-corrected chi connectivity index (χ0v) is 13.0. The number of ether oxygens (including phenoxy) is 3. The first-order chi connectivity index (χ1) is 10.6. The Hall–Kier alpha value is -2.08. The maximum atomic E-state index is 12.0. The van der Waals surface area contributed by atoms with Crippen molar-refractivity contribution in [3.8, 4) is 5.75 Å². The predicted molar refractivity (Wildman–Crippen MR) is 79.7 cm³/mol. The molecule has 2 rings (SSSR count). The van der Waals surface area contributed by atoms with Gasteiger partial charge in [-0.25, -0.2) is 0 Å². The van der Waals surface area contributed by atoms with Gasteiger partial charge in [-0.3, -0.25) is 9.59 Å². The lowest BCUT2D eigenvalue weighted by Crippen LogP contribution is -2.37. The van der Waals surface area contributed by atoms with Gasteiger partial charge in [0.1, 0.15) is 11.8 Å². The minimum absolute atomic E-state index is 0.0284. The molecule has 1 N–H and O–H groups in total. The molecule has 0 bridgehead atoms. The predicted octanol–water partition coefficient (Wildman–Crippen LogP) is 1.10. The number of nitrogens with one attached hydrogen (secondary N) is 1. The third kappa shape index (κ3) is 3.22. The second kappa shape index (κ2) is 7.26. The summed E-state index contributed by atoms with van der Waals surface area (Å²) in [4.78, 5) is 23.7. The number of carbonyl (C=O) groups is 2. The maximum absolute atomic E-state index is 12.0. The van der Waals surface area contributed by atoms with E-state index in [0.717, 1.165) is 11.3 Å². The third-order valence-corrected chi connectivity index (χ3v) is 4.13. The number of hydrogen-bond acceptors (Lipinski definition) is 6. The van der Waals surface area contributed by atoms with E-state index in [-0.39, 0.29) is 30.2 Å². The minimum atomic E-state index is -0.529. The van der Waals surface area contributed by atoms with Crippen molar-refractivity contribution >= 4 is 11.9 Å². The molecule has 1 heterocycles. The lowest BCUT2D eigenvalue weighted by atomic mass is 9.82. The molecule has 6 heteroatoms. The van der Waals surface area contributed by atoms with Crippen LogP contribution in [0.5, 0.6) is 5.75 Å². The summed E-state index contributed by atoms with van der Waals surface area (Å²) in [5.41, 5.74) is 0.970. The minimum Gasteiger partial charge on any atom is -0.496 e. The van der Waals surface area contributed by atoms with E-state index in [9.17, 15) is 9.59 Å². The quantitative estimate of drug-likeness (QED) is 0.821. The van der Waals surface area contributed by atoms with E-state index in [2.05, 4.69) is 5.32 Å². The van der Waals surface area contributed by atoms with E-state index in [0.29, 0.717) is 6.54 Å². The van der Waals surface area contributed by atoms with E-state index in [1.165, 1.54) is 14.2 Å². The molecule has 6 nitrogen and oxygen atoms in total. The number of benzene rings is 1. The SMILES string of the molecule is COC(=O)C[C@H]1[C@@H](c2ccccc2OC)CN[C@H]1C(=O)OC. The van der Waals surface area contributed by atoms with Crippen LogP contribution in [0.3, 0.4) is 0 Å². The van der Waals surface area contributed by atoms with E-state index in [4.69, 9.17) is 14.2 Å². The Kier molecular flexibility index (Phi) is 5.38. The van der Waals surface area contributed by atoms with Gasteiger partial charge in [-0.1, -0.05) is 18.2 Å². The average Bonchev–Trinajstić information content (AvgIpc) is 2.97. The number of para-hydroxylation sites is 1. The summed E-state index contributed by atoms with van der Waals surface area (Å²) in [7, 11) is 4.29. The summed E-state index contributed by atoms with van der Waals surface area (Å²) in [6.07, 6.45) is 0.145. The Labute approximate surface area is 129 Å². The lowest BCUT2D eigenvalue weighted by molar-refractivity contribution is -0.145. The Morgan fingerprint density at radius 2 is 1.91 bits per heavy atom. The standard InChI is InChI=1S/C16H21NO5/c1-20-13-7-5-4-6-10(13)12-9-17-15(16(19)22-3)11(12)8-14(18)21-2/h4-7,11-12,15,17H,8-9H2,1-3H3/t11-,12+,15+/m0/s1. The zero-order chi connectivity index (χ0) is 16.1. The second-order valence-corrected chi connectivity index (χ2v) is 5.20. The van der Waals surface area contributed by atoms with Crippen molar-refractivity contribution < 1.29 is 23.8 Å². The highest BCUT2D eigenvalue weighted by atomic mass is 16.5. The van der Waals surface area contributed by atoms with E-state index < -0.39 is 6.04 Å². The fourth-order valence-corrected chi connectivity index (χ4v) is 3.02. The van der Waals surface area contributed by atoms with Gasteiger partial charge in [0.25, 0.3) is 0 Å². The number of hydrogen-bond donors (Lipinski definition) is 1. The van der Waals surface area contributed by atoms with Crippen molar-refractivity contribution in [2.24, 2.45) is 5.92 Å². The molecule has 0 radical (unpaired) electrons. The van der Waals surface area contributed by atoms with Crippen molar-refractivity contribution in [3.05, 3.63) is 29.8 Å². The largest absolute Gasteiger partial charge is 0.496 e. The van der Waals surface area contributed by atoms with Crippen LogP contribution in [-0.4, -0.2) is 45.9 Å². The van der Waals surface area contributed by atoms with Crippen LogP contribution >= 0.6 is 0 Å². The van der Waals surface area contributed by atoms with Crippen molar-refractivity contribution in [1.29, 1.82) is 0 Å². The third-order valence-electron chi connectivity index (χ3n) is 4.13. The molecule has 120 valence electrons. The first-order valence-corrected chi connectivity index (χ1v) is 7.13. The lowest BCUT2D eigenvalue weighted by Gasteiger charge is -2.23. The highest BCUT2D eigenvalue weighted by molar-refractivity contribution is 5.79. The molecule has 3 atom stereocenters. The van der Waals surface area contributed by atoms with Crippen LogP contribution in [0, 0.1) is 5.92 Å². The molecule has 0 aliphatic carbocycles. The molecule has 1 aromatic carbocycles. The summed E-state index contributed by atoms with van der Waals surface area (Å²) in [5.74, 6) is -0.237. The maximum Gasteiger partial charge on any atom is 0.323 e. The molecule has 1 fully saturated rings. The number of rotatable bonds is 5. The monoisotopic (exact) mass is 307 g/mol. The van der Waals surface area contributed by atoms with Crippen LogP contribution in [0.25, 0.3) is 0 Å². The normalized spacial score (nSPS) is 23.9.